The fraction of sp³-hybridized carbons (Fsp3) is 0.750. The monoisotopic (exact) mass is 307 g/mol. The largest absolute Gasteiger partial charge is 1.00 e. The van der Waals surface area contributed by atoms with Gasteiger partial charge in [-0.05, 0) is 0 Å². The fourth-order valence-electron chi connectivity index (χ4n) is 2.34. The Morgan fingerprint density at radius 1 is 0.905 bits per heavy atom. The van der Waals surface area contributed by atoms with Crippen molar-refractivity contribution in [2.45, 2.75) is 0 Å². The summed E-state index contributed by atoms with van der Waals surface area (Å²) >= 11 is 0. The van der Waals surface area contributed by atoms with Crippen LogP contribution in [-0.4, -0.2) is 91.5 Å². The molecule has 9 heteroatoms. The summed E-state index contributed by atoms with van der Waals surface area (Å²) < 4.78 is 5.19. The number of carbonyl (C=O) groups is 3. The zero-order chi connectivity index (χ0) is 14.5. The summed E-state index contributed by atoms with van der Waals surface area (Å²) in [4.78, 5) is 38.7. The molecule has 8 nitrogen and oxygen atoms in total. The number of rotatable bonds is 2. The number of carbonyl (C=O) groups excluding carboxylic acids is 3. The maximum Gasteiger partial charge on any atom is 1.00 e. The molecule has 2 fully saturated rings. The summed E-state index contributed by atoms with van der Waals surface area (Å²) in [7, 11) is 0. The minimum atomic E-state index is -1.68. The fourth-order valence-corrected chi connectivity index (χ4v) is 2.34. The van der Waals surface area contributed by atoms with E-state index in [1.807, 2.05) is 4.90 Å². The average molecular weight is 307 g/mol. The van der Waals surface area contributed by atoms with Gasteiger partial charge in [0, 0.05) is 39.3 Å². The Balaban J connectivity index is 0.00000220. The standard InChI is InChI=1S/C12H19N3O5.Na/c16-10(14-5-7-20-8-6-14)9-13-1-3-15(4-2-13)11(17)12(18)19;/h1-9H2,(H,18,19);/q;+1/p-1. The van der Waals surface area contributed by atoms with Crippen LogP contribution < -0.4 is 34.7 Å². The van der Waals surface area contributed by atoms with Crippen LogP contribution in [0.5, 0.6) is 0 Å². The van der Waals surface area contributed by atoms with Crippen LogP contribution in [0.2, 0.25) is 0 Å². The molecule has 0 atom stereocenters. The van der Waals surface area contributed by atoms with Gasteiger partial charge in [-0.15, -0.1) is 0 Å². The molecule has 21 heavy (non-hydrogen) atoms. The van der Waals surface area contributed by atoms with Crippen molar-refractivity contribution < 1.29 is 53.8 Å². The number of piperazine rings is 1. The second-order valence-electron chi connectivity index (χ2n) is 4.85. The van der Waals surface area contributed by atoms with E-state index in [-0.39, 0.29) is 35.5 Å². The van der Waals surface area contributed by atoms with E-state index in [1.165, 1.54) is 4.90 Å². The molecule has 112 valence electrons. The van der Waals surface area contributed by atoms with Crippen molar-refractivity contribution >= 4 is 17.8 Å². The van der Waals surface area contributed by atoms with Crippen molar-refractivity contribution in [3.05, 3.63) is 0 Å². The summed E-state index contributed by atoms with van der Waals surface area (Å²) in [6.45, 7) is 4.27. The van der Waals surface area contributed by atoms with E-state index in [2.05, 4.69) is 0 Å². The Morgan fingerprint density at radius 3 is 2.00 bits per heavy atom. The van der Waals surface area contributed by atoms with E-state index in [0.717, 1.165) is 0 Å². The maximum atomic E-state index is 12.0. The van der Waals surface area contributed by atoms with Gasteiger partial charge in [0.15, 0.2) is 0 Å². The molecule has 2 rings (SSSR count). The molecule has 0 bridgehead atoms. The van der Waals surface area contributed by atoms with Crippen LogP contribution in [0.3, 0.4) is 0 Å². The Bertz CT molecular complexity index is 392. The van der Waals surface area contributed by atoms with Crippen LogP contribution in [-0.2, 0) is 19.1 Å². The Labute approximate surface area is 145 Å². The van der Waals surface area contributed by atoms with Crippen LogP contribution in [0.15, 0.2) is 0 Å². The van der Waals surface area contributed by atoms with Crippen molar-refractivity contribution in [1.29, 1.82) is 0 Å². The molecular weight excluding hydrogens is 289 g/mol. The van der Waals surface area contributed by atoms with Gasteiger partial charge >= 0.3 is 29.6 Å². The summed E-state index contributed by atoms with van der Waals surface area (Å²) in [5.74, 6) is -2.61. The quantitative estimate of drug-likeness (QED) is 0.372. The van der Waals surface area contributed by atoms with Gasteiger partial charge < -0.3 is 24.4 Å². The van der Waals surface area contributed by atoms with E-state index >= 15 is 0 Å². The second kappa shape index (κ2) is 8.70. The van der Waals surface area contributed by atoms with Gasteiger partial charge in [-0.2, -0.15) is 0 Å². The van der Waals surface area contributed by atoms with Crippen molar-refractivity contribution in [2.24, 2.45) is 0 Å². The van der Waals surface area contributed by atoms with Gasteiger partial charge in [-0.3, -0.25) is 14.5 Å². The van der Waals surface area contributed by atoms with Crippen molar-refractivity contribution in [3.8, 4) is 0 Å². The predicted octanol–water partition coefficient (Wildman–Crippen LogP) is -6.26. The van der Waals surface area contributed by atoms with Crippen LogP contribution in [0.25, 0.3) is 0 Å². The third-order valence-electron chi connectivity index (χ3n) is 3.56. The molecule has 0 radical (unpaired) electrons. The normalized spacial score (nSPS) is 19.8. The molecule has 0 N–H and O–H groups in total. The van der Waals surface area contributed by atoms with Gasteiger partial charge in [0.1, 0.15) is 5.97 Å². The molecule has 2 aliphatic heterocycles. The van der Waals surface area contributed by atoms with Gasteiger partial charge in [0.25, 0.3) is 5.91 Å². The first kappa shape index (κ1) is 18.4. The van der Waals surface area contributed by atoms with E-state index in [4.69, 9.17) is 4.74 Å². The number of nitrogens with zero attached hydrogens (tertiary/aromatic N) is 3. The van der Waals surface area contributed by atoms with E-state index in [0.29, 0.717) is 59.0 Å². The summed E-state index contributed by atoms with van der Waals surface area (Å²) in [6, 6.07) is 0. The second-order valence-corrected chi connectivity index (χ2v) is 4.85. The first-order valence-electron chi connectivity index (χ1n) is 6.66. The number of hydrogen-bond donors (Lipinski definition) is 0. The average Bonchev–Trinajstić information content (AvgIpc) is 2.48. The van der Waals surface area contributed by atoms with Gasteiger partial charge in [-0.1, -0.05) is 0 Å². The molecule has 0 saturated carbocycles. The molecule has 2 amide bonds. The Morgan fingerprint density at radius 2 is 1.48 bits per heavy atom. The SMILES string of the molecule is O=C([O-])C(=O)N1CCN(CC(=O)N2CCOCC2)CC1.[Na+]. The molecule has 2 saturated heterocycles. The molecule has 0 spiro atoms. The third-order valence-corrected chi connectivity index (χ3v) is 3.56. The summed E-state index contributed by atoms with van der Waals surface area (Å²) in [5.41, 5.74) is 0. The van der Waals surface area contributed by atoms with Gasteiger partial charge in [-0.25, -0.2) is 0 Å². The Hall–Kier alpha value is -0.670. The molecule has 0 unspecified atom stereocenters. The molecule has 0 aromatic rings. The molecule has 2 heterocycles. The van der Waals surface area contributed by atoms with Crippen LogP contribution in [0.1, 0.15) is 0 Å². The van der Waals surface area contributed by atoms with Crippen molar-refractivity contribution in [3.63, 3.8) is 0 Å². The molecular formula is C12H18N3NaO5. The number of ether oxygens (including phenoxy) is 1. The predicted molar refractivity (Wildman–Crippen MR) is 65.4 cm³/mol. The number of aliphatic carboxylic acids is 1. The van der Waals surface area contributed by atoms with Gasteiger partial charge in [0.05, 0.1) is 19.8 Å². The smallest absolute Gasteiger partial charge is 0.540 e. The summed E-state index contributed by atoms with van der Waals surface area (Å²) in [6.07, 6.45) is 0. The first-order valence-corrected chi connectivity index (χ1v) is 6.66. The minimum absolute atomic E-state index is 0. The number of hydrogen-bond acceptors (Lipinski definition) is 6. The number of amides is 2. The van der Waals surface area contributed by atoms with Crippen molar-refractivity contribution in [1.82, 2.24) is 14.7 Å². The van der Waals surface area contributed by atoms with Crippen LogP contribution in [0, 0.1) is 0 Å². The van der Waals surface area contributed by atoms with E-state index < -0.39 is 11.9 Å². The minimum Gasteiger partial charge on any atom is -0.540 e. The van der Waals surface area contributed by atoms with Crippen LogP contribution >= 0.6 is 0 Å². The van der Waals surface area contributed by atoms with E-state index in [1.54, 1.807) is 4.90 Å². The maximum absolute atomic E-state index is 12.0. The topological polar surface area (TPSA) is 93.2 Å². The number of morpholine rings is 1. The molecule has 0 aliphatic carbocycles. The molecule has 0 aromatic carbocycles. The Kier molecular flexibility index (Phi) is 7.61. The van der Waals surface area contributed by atoms with Gasteiger partial charge in [0.2, 0.25) is 5.91 Å². The van der Waals surface area contributed by atoms with Crippen LogP contribution in [0.4, 0.5) is 0 Å². The zero-order valence-corrected chi connectivity index (χ0v) is 14.2. The number of carboxylic acids is 1. The first-order chi connectivity index (χ1) is 9.58. The zero-order valence-electron chi connectivity index (χ0n) is 12.2. The van der Waals surface area contributed by atoms with E-state index in [9.17, 15) is 19.5 Å². The number of carboxylic acid groups (broad SMARTS) is 1. The molecule has 2 aliphatic rings. The molecule has 0 aromatic heterocycles. The third kappa shape index (κ3) is 5.23. The van der Waals surface area contributed by atoms with Crippen molar-refractivity contribution in [2.75, 3.05) is 59.0 Å². The summed E-state index contributed by atoms with van der Waals surface area (Å²) in [5, 5.41) is 10.5.